The van der Waals surface area contributed by atoms with E-state index in [2.05, 4.69) is 47.8 Å². The molecule has 0 aliphatic carbocycles. The molecule has 2 heterocycles. The predicted molar refractivity (Wildman–Crippen MR) is 168 cm³/mol. The number of hydrogen-bond acceptors (Lipinski definition) is 12. The third kappa shape index (κ3) is 14.9. The van der Waals surface area contributed by atoms with Crippen LogP contribution in [0.2, 0.25) is 0 Å². The lowest BCUT2D eigenvalue weighted by Gasteiger charge is -2.32. The van der Waals surface area contributed by atoms with Crippen LogP contribution in [0.1, 0.15) is 52.0 Å². The van der Waals surface area contributed by atoms with E-state index in [-0.39, 0.29) is 12.7 Å². The lowest BCUT2D eigenvalue weighted by Crippen LogP contribution is -2.40. The largest absolute Gasteiger partial charge is 0.491 e. The zero-order chi connectivity index (χ0) is 31.6. The van der Waals surface area contributed by atoms with Crippen LogP contribution in [-0.2, 0) is 30.1 Å². The molecule has 2 aliphatic heterocycles. The van der Waals surface area contributed by atoms with Crippen LogP contribution in [0.15, 0.2) is 36.2 Å². The summed E-state index contributed by atoms with van der Waals surface area (Å²) in [6.45, 7) is 11.7. The van der Waals surface area contributed by atoms with Gasteiger partial charge < -0.3 is 44.0 Å². The highest BCUT2D eigenvalue weighted by atomic mass is 16.7. The number of hydrazine groups is 2. The van der Waals surface area contributed by atoms with Gasteiger partial charge in [0, 0.05) is 63.5 Å². The topological polar surface area (TPSA) is 126 Å². The second-order valence-electron chi connectivity index (χ2n) is 11.7. The van der Waals surface area contributed by atoms with E-state index in [0.29, 0.717) is 77.8 Å². The van der Waals surface area contributed by atoms with Crippen molar-refractivity contribution >= 4 is 0 Å². The van der Waals surface area contributed by atoms with Gasteiger partial charge in [-0.2, -0.15) is 0 Å². The highest BCUT2D eigenvalue weighted by molar-refractivity contribution is 5.27. The van der Waals surface area contributed by atoms with E-state index in [1.54, 1.807) is 0 Å². The van der Waals surface area contributed by atoms with Gasteiger partial charge in [0.25, 0.3) is 0 Å². The molecule has 0 saturated carbocycles. The normalized spacial score (nSPS) is 21.2. The van der Waals surface area contributed by atoms with E-state index in [1.807, 2.05) is 31.3 Å². The van der Waals surface area contributed by atoms with E-state index < -0.39 is 12.4 Å². The van der Waals surface area contributed by atoms with E-state index in [0.717, 1.165) is 37.1 Å². The minimum absolute atomic E-state index is 0.110. The molecule has 4 atom stereocenters. The van der Waals surface area contributed by atoms with Crippen molar-refractivity contribution in [3.8, 4) is 5.75 Å². The Labute approximate surface area is 263 Å². The highest BCUT2D eigenvalue weighted by Gasteiger charge is 2.28. The number of rotatable bonds is 23. The number of ether oxygens (including phenoxy) is 6. The second kappa shape index (κ2) is 20.9. The molecule has 4 N–H and O–H groups in total. The quantitative estimate of drug-likeness (QED) is 0.133. The number of nitrogens with zero attached hydrogens (tertiary/aromatic N) is 2. The van der Waals surface area contributed by atoms with E-state index >= 15 is 0 Å². The van der Waals surface area contributed by atoms with Gasteiger partial charge in [-0.05, 0) is 37.5 Å². The second-order valence-corrected chi connectivity index (χ2v) is 11.7. The standard InChI is InChI=1S/C32H56N4O8/c1-25(2)33-26(3)20-28-23-36(34-35(28)4)11-15-41-17-16-39-12-5-13-40-18-19-42-30-8-6-27(7-9-30)10-14-43-32-22-29(38)21-31(24-37)44-32/h6-9,23,25-26,29,31-34,37-38H,5,10-22,24H2,1-4H3. The van der Waals surface area contributed by atoms with Gasteiger partial charge in [-0.15, -0.1) is 5.53 Å². The van der Waals surface area contributed by atoms with Crippen molar-refractivity contribution in [3.05, 3.63) is 41.7 Å². The number of hydrogen-bond donors (Lipinski definition) is 4. The van der Waals surface area contributed by atoms with Crippen LogP contribution in [-0.4, -0.2) is 124 Å². The van der Waals surface area contributed by atoms with Gasteiger partial charge in [-0.1, -0.05) is 26.0 Å². The van der Waals surface area contributed by atoms with Crippen molar-refractivity contribution in [2.75, 3.05) is 73.1 Å². The van der Waals surface area contributed by atoms with Crippen LogP contribution in [0.5, 0.6) is 5.75 Å². The maximum absolute atomic E-state index is 9.87. The summed E-state index contributed by atoms with van der Waals surface area (Å²) in [7, 11) is 2.04. The maximum atomic E-state index is 9.87. The molecule has 1 fully saturated rings. The Kier molecular flexibility index (Phi) is 17.3. The van der Waals surface area contributed by atoms with E-state index in [1.165, 1.54) is 5.70 Å². The van der Waals surface area contributed by atoms with Crippen molar-refractivity contribution in [2.24, 2.45) is 0 Å². The van der Waals surface area contributed by atoms with Crippen LogP contribution >= 0.6 is 0 Å². The van der Waals surface area contributed by atoms with Crippen LogP contribution in [0.3, 0.4) is 0 Å². The summed E-state index contributed by atoms with van der Waals surface area (Å²) in [5.41, 5.74) is 5.70. The molecule has 1 saturated heterocycles. The Balaban J connectivity index is 1.10. The molecular formula is C32H56N4O8. The molecule has 12 nitrogen and oxygen atoms in total. The van der Waals surface area contributed by atoms with Gasteiger partial charge in [-0.3, -0.25) is 10.0 Å². The van der Waals surface area contributed by atoms with Gasteiger partial charge >= 0.3 is 0 Å². The predicted octanol–water partition coefficient (Wildman–Crippen LogP) is 2.21. The SMILES string of the molecule is CC(C)NC(C)CC1=CN(CCOCCOCCCOCCOc2ccc(CCOC3CC(O)CC(CO)O3)cc2)NN1C. The number of aliphatic hydroxyl groups excluding tert-OH is 2. The summed E-state index contributed by atoms with van der Waals surface area (Å²) >= 11 is 0. The first-order chi connectivity index (χ1) is 21.3. The number of nitrogens with one attached hydrogen (secondary N) is 2. The number of benzene rings is 1. The fourth-order valence-corrected chi connectivity index (χ4v) is 5.10. The molecule has 0 amide bonds. The van der Waals surface area contributed by atoms with E-state index in [9.17, 15) is 10.2 Å². The molecule has 3 rings (SSSR count). The van der Waals surface area contributed by atoms with Crippen LogP contribution in [0.4, 0.5) is 0 Å². The fourth-order valence-electron chi connectivity index (χ4n) is 5.10. The molecule has 4 unspecified atom stereocenters. The Hall–Kier alpha value is -2.00. The van der Waals surface area contributed by atoms with E-state index in [4.69, 9.17) is 28.4 Å². The molecule has 0 bridgehead atoms. The summed E-state index contributed by atoms with van der Waals surface area (Å²) in [5, 5.41) is 26.8. The monoisotopic (exact) mass is 624 g/mol. The summed E-state index contributed by atoms with van der Waals surface area (Å²) in [6, 6.07) is 8.79. The van der Waals surface area contributed by atoms with Crippen molar-refractivity contribution in [2.45, 2.75) is 83.5 Å². The number of aliphatic hydroxyl groups is 2. The minimum atomic E-state index is -0.500. The Morgan fingerprint density at radius 3 is 2.36 bits per heavy atom. The van der Waals surface area contributed by atoms with Crippen LogP contribution in [0, 0.1) is 0 Å². The molecular weight excluding hydrogens is 568 g/mol. The molecule has 0 radical (unpaired) electrons. The lowest BCUT2D eigenvalue weighted by atomic mass is 10.1. The van der Waals surface area contributed by atoms with Gasteiger partial charge in [0.2, 0.25) is 0 Å². The fraction of sp³-hybridized carbons (Fsp3) is 0.750. The molecule has 252 valence electrons. The summed E-state index contributed by atoms with van der Waals surface area (Å²) < 4.78 is 34.2. The molecule has 44 heavy (non-hydrogen) atoms. The minimum Gasteiger partial charge on any atom is -0.491 e. The Bertz CT molecular complexity index is 922. The zero-order valence-electron chi connectivity index (χ0n) is 27.1. The van der Waals surface area contributed by atoms with Gasteiger partial charge in [-0.25, -0.2) is 0 Å². The van der Waals surface area contributed by atoms with Gasteiger partial charge in [0.1, 0.15) is 12.4 Å². The Morgan fingerprint density at radius 2 is 1.66 bits per heavy atom. The van der Waals surface area contributed by atoms with Crippen LogP contribution < -0.4 is 15.6 Å². The molecule has 12 heteroatoms. The first-order valence-corrected chi connectivity index (χ1v) is 16.1. The molecule has 1 aromatic rings. The summed E-state index contributed by atoms with van der Waals surface area (Å²) in [6.07, 6.45) is 4.19. The maximum Gasteiger partial charge on any atom is 0.160 e. The van der Waals surface area contributed by atoms with Gasteiger partial charge in [0.15, 0.2) is 6.29 Å². The average molecular weight is 625 g/mol. The zero-order valence-corrected chi connectivity index (χ0v) is 27.1. The molecule has 0 spiro atoms. The summed E-state index contributed by atoms with van der Waals surface area (Å²) in [5.74, 6) is 0.795. The van der Waals surface area contributed by atoms with Crippen molar-refractivity contribution in [1.82, 2.24) is 20.9 Å². The van der Waals surface area contributed by atoms with Crippen molar-refractivity contribution in [3.63, 3.8) is 0 Å². The van der Waals surface area contributed by atoms with Crippen molar-refractivity contribution in [1.29, 1.82) is 0 Å². The third-order valence-electron chi connectivity index (χ3n) is 7.23. The third-order valence-corrected chi connectivity index (χ3v) is 7.23. The highest BCUT2D eigenvalue weighted by Crippen LogP contribution is 2.21. The average Bonchev–Trinajstić information content (AvgIpc) is 3.33. The lowest BCUT2D eigenvalue weighted by molar-refractivity contribution is -0.221. The van der Waals surface area contributed by atoms with Crippen LogP contribution in [0.25, 0.3) is 0 Å². The first-order valence-electron chi connectivity index (χ1n) is 16.1. The molecule has 2 aliphatic rings. The van der Waals surface area contributed by atoms with Gasteiger partial charge in [0.05, 0.1) is 58.4 Å². The summed E-state index contributed by atoms with van der Waals surface area (Å²) in [4.78, 5) is 0. The molecule has 0 aromatic heterocycles. The molecule has 1 aromatic carbocycles. The van der Waals surface area contributed by atoms with Crippen molar-refractivity contribution < 1.29 is 38.6 Å². The first kappa shape index (κ1) is 36.5. The Morgan fingerprint density at radius 1 is 0.955 bits per heavy atom. The smallest absolute Gasteiger partial charge is 0.160 e.